The van der Waals surface area contributed by atoms with Gasteiger partial charge < -0.3 is 10.4 Å². The third-order valence-electron chi connectivity index (χ3n) is 3.12. The maximum atomic E-state index is 11.5. The summed E-state index contributed by atoms with van der Waals surface area (Å²) in [4.78, 5) is 21.8. The van der Waals surface area contributed by atoms with E-state index in [0.29, 0.717) is 12.8 Å². The van der Waals surface area contributed by atoms with Crippen molar-refractivity contribution in [2.24, 2.45) is 0 Å². The molecule has 4 nitrogen and oxygen atoms in total. The van der Waals surface area contributed by atoms with Gasteiger partial charge in [-0.3, -0.25) is 9.59 Å². The average molecular weight is 277 g/mol. The van der Waals surface area contributed by atoms with E-state index in [2.05, 4.69) is 38.2 Å². The molecule has 1 amide bonds. The van der Waals surface area contributed by atoms with Crippen LogP contribution in [0.2, 0.25) is 0 Å². The van der Waals surface area contributed by atoms with Crippen molar-refractivity contribution in [3.63, 3.8) is 0 Å². The molecule has 1 aromatic carbocycles. The van der Waals surface area contributed by atoms with Crippen LogP contribution in [0.25, 0.3) is 0 Å². The molecule has 4 heteroatoms. The molecule has 0 aliphatic rings. The summed E-state index contributed by atoms with van der Waals surface area (Å²) >= 11 is 0. The quantitative estimate of drug-likeness (QED) is 0.839. The maximum absolute atomic E-state index is 11.5. The summed E-state index contributed by atoms with van der Waals surface area (Å²) in [7, 11) is 0. The predicted molar refractivity (Wildman–Crippen MR) is 78.7 cm³/mol. The van der Waals surface area contributed by atoms with Gasteiger partial charge in [-0.1, -0.05) is 45.0 Å². The monoisotopic (exact) mass is 277 g/mol. The van der Waals surface area contributed by atoms with Gasteiger partial charge in [0.15, 0.2) is 0 Å². The zero-order valence-electron chi connectivity index (χ0n) is 12.4. The number of aryl methyl sites for hydroxylation is 1. The number of carboxylic acid groups (broad SMARTS) is 1. The highest BCUT2D eigenvalue weighted by Crippen LogP contribution is 2.22. The normalized spacial score (nSPS) is 11.2. The van der Waals surface area contributed by atoms with E-state index < -0.39 is 5.97 Å². The summed E-state index contributed by atoms with van der Waals surface area (Å²) < 4.78 is 0. The molecule has 0 saturated heterocycles. The Labute approximate surface area is 120 Å². The highest BCUT2D eigenvalue weighted by molar-refractivity contribution is 5.77. The maximum Gasteiger partial charge on any atom is 0.305 e. The van der Waals surface area contributed by atoms with Gasteiger partial charge in [-0.15, -0.1) is 0 Å². The number of nitrogens with one attached hydrogen (secondary N) is 1. The number of amides is 1. The molecule has 20 heavy (non-hydrogen) atoms. The second-order valence-electron chi connectivity index (χ2n) is 5.94. The molecule has 0 fully saturated rings. The van der Waals surface area contributed by atoms with Crippen molar-refractivity contribution in [2.45, 2.75) is 45.4 Å². The van der Waals surface area contributed by atoms with Crippen LogP contribution in [-0.2, 0) is 21.4 Å². The summed E-state index contributed by atoms with van der Waals surface area (Å²) in [6, 6.07) is 8.28. The Bertz CT molecular complexity index is 458. The lowest BCUT2D eigenvalue weighted by atomic mass is 9.86. The zero-order chi connectivity index (χ0) is 15.2. The number of carboxylic acids is 1. The van der Waals surface area contributed by atoms with Gasteiger partial charge in [0.05, 0.1) is 6.42 Å². The minimum atomic E-state index is -0.900. The first kappa shape index (κ1) is 16.2. The summed E-state index contributed by atoms with van der Waals surface area (Å²) in [6.07, 6.45) is 1.02. The molecule has 0 spiro atoms. The van der Waals surface area contributed by atoms with Gasteiger partial charge in [-0.05, 0) is 23.0 Å². The van der Waals surface area contributed by atoms with Crippen molar-refractivity contribution in [3.8, 4) is 0 Å². The first-order valence-corrected chi connectivity index (χ1v) is 6.87. The molecule has 0 aliphatic heterocycles. The number of carbonyl (C=O) groups is 2. The lowest BCUT2D eigenvalue weighted by molar-refractivity contribution is -0.136. The van der Waals surface area contributed by atoms with E-state index in [1.165, 1.54) is 5.56 Å². The number of hydrogen-bond acceptors (Lipinski definition) is 2. The van der Waals surface area contributed by atoms with Crippen molar-refractivity contribution < 1.29 is 14.7 Å². The van der Waals surface area contributed by atoms with Crippen molar-refractivity contribution in [1.29, 1.82) is 0 Å². The Balaban J connectivity index is 2.38. The summed E-state index contributed by atoms with van der Waals surface area (Å²) in [5.41, 5.74) is 2.52. The molecule has 0 bridgehead atoms. The van der Waals surface area contributed by atoms with Crippen LogP contribution in [-0.4, -0.2) is 23.5 Å². The van der Waals surface area contributed by atoms with Crippen LogP contribution in [0.5, 0.6) is 0 Å². The number of rotatable bonds is 6. The predicted octanol–water partition coefficient (Wildman–Crippen LogP) is 2.51. The van der Waals surface area contributed by atoms with E-state index in [1.54, 1.807) is 0 Å². The molecule has 2 N–H and O–H groups in total. The molecule has 0 aromatic heterocycles. The zero-order valence-corrected chi connectivity index (χ0v) is 12.4. The number of aliphatic carboxylic acids is 1. The van der Waals surface area contributed by atoms with Crippen molar-refractivity contribution in [3.05, 3.63) is 35.4 Å². The molecule has 0 saturated carbocycles. The van der Waals surface area contributed by atoms with Gasteiger partial charge in [0.2, 0.25) is 5.91 Å². The molecule has 1 aromatic rings. The van der Waals surface area contributed by atoms with Crippen LogP contribution in [0.4, 0.5) is 0 Å². The number of carbonyl (C=O) groups excluding carboxylic acids is 1. The average Bonchev–Trinajstić information content (AvgIpc) is 2.35. The lowest BCUT2D eigenvalue weighted by Crippen LogP contribution is -2.26. The molecule has 0 atom stereocenters. The molecule has 0 aliphatic carbocycles. The Morgan fingerprint density at radius 2 is 1.70 bits per heavy atom. The SMILES string of the molecule is CC(C)(C)c1ccc(CCC(=O)NCCC(=O)O)cc1. The van der Waals surface area contributed by atoms with Crippen LogP contribution in [0.1, 0.15) is 44.7 Å². The van der Waals surface area contributed by atoms with Gasteiger partial charge in [-0.25, -0.2) is 0 Å². The van der Waals surface area contributed by atoms with Crippen LogP contribution >= 0.6 is 0 Å². The Kier molecular flexibility index (Phi) is 5.74. The fourth-order valence-corrected chi connectivity index (χ4v) is 1.83. The van der Waals surface area contributed by atoms with Crippen LogP contribution in [0.3, 0.4) is 0 Å². The van der Waals surface area contributed by atoms with Gasteiger partial charge in [0.1, 0.15) is 0 Å². The number of hydrogen-bond donors (Lipinski definition) is 2. The van der Waals surface area contributed by atoms with Crippen LogP contribution < -0.4 is 5.32 Å². The highest BCUT2D eigenvalue weighted by Gasteiger charge is 2.12. The third-order valence-corrected chi connectivity index (χ3v) is 3.12. The smallest absolute Gasteiger partial charge is 0.305 e. The lowest BCUT2D eigenvalue weighted by Gasteiger charge is -2.19. The van der Waals surface area contributed by atoms with Crippen LogP contribution in [0.15, 0.2) is 24.3 Å². The molecule has 110 valence electrons. The summed E-state index contributed by atoms with van der Waals surface area (Å²) in [5, 5.41) is 11.1. The fraction of sp³-hybridized carbons (Fsp3) is 0.500. The molecular formula is C16H23NO3. The Hall–Kier alpha value is -1.84. The largest absolute Gasteiger partial charge is 0.481 e. The van der Waals surface area contributed by atoms with Gasteiger partial charge in [-0.2, -0.15) is 0 Å². The van der Waals surface area contributed by atoms with E-state index in [0.717, 1.165) is 5.56 Å². The number of benzene rings is 1. The van der Waals surface area contributed by atoms with E-state index >= 15 is 0 Å². The fourth-order valence-electron chi connectivity index (χ4n) is 1.83. The van der Waals surface area contributed by atoms with E-state index in [9.17, 15) is 9.59 Å². The van der Waals surface area contributed by atoms with E-state index in [1.807, 2.05) is 12.1 Å². The second kappa shape index (κ2) is 7.08. The van der Waals surface area contributed by atoms with Crippen molar-refractivity contribution in [2.75, 3.05) is 6.54 Å². The van der Waals surface area contributed by atoms with E-state index in [4.69, 9.17) is 5.11 Å². The van der Waals surface area contributed by atoms with Crippen molar-refractivity contribution in [1.82, 2.24) is 5.32 Å². The Morgan fingerprint density at radius 1 is 1.10 bits per heavy atom. The topological polar surface area (TPSA) is 66.4 Å². The van der Waals surface area contributed by atoms with E-state index in [-0.39, 0.29) is 24.3 Å². The van der Waals surface area contributed by atoms with Gasteiger partial charge >= 0.3 is 5.97 Å². The summed E-state index contributed by atoms with van der Waals surface area (Å²) in [6.45, 7) is 6.69. The highest BCUT2D eigenvalue weighted by atomic mass is 16.4. The van der Waals surface area contributed by atoms with Crippen molar-refractivity contribution >= 4 is 11.9 Å². The Morgan fingerprint density at radius 3 is 2.20 bits per heavy atom. The third kappa shape index (κ3) is 5.87. The first-order valence-electron chi connectivity index (χ1n) is 6.87. The first-order chi connectivity index (χ1) is 9.29. The van der Waals surface area contributed by atoms with Gasteiger partial charge in [0.25, 0.3) is 0 Å². The van der Waals surface area contributed by atoms with Crippen LogP contribution in [0, 0.1) is 0 Å². The summed E-state index contributed by atoms with van der Waals surface area (Å²) in [5.74, 6) is -1.01. The second-order valence-corrected chi connectivity index (χ2v) is 5.94. The minimum Gasteiger partial charge on any atom is -0.481 e. The van der Waals surface area contributed by atoms with Gasteiger partial charge in [0, 0.05) is 13.0 Å². The molecule has 0 radical (unpaired) electrons. The molecule has 1 rings (SSSR count). The molecular weight excluding hydrogens is 254 g/mol. The molecule has 0 heterocycles. The standard InChI is InChI=1S/C16H23NO3/c1-16(2,3)13-7-4-12(5-8-13)6-9-14(18)17-11-10-15(19)20/h4-5,7-8H,6,9-11H2,1-3H3,(H,17,18)(H,19,20). The minimum absolute atomic E-state index is 0.0357. The molecule has 0 unspecified atom stereocenters.